The Hall–Kier alpha value is -2.64. The number of halogens is 3. The number of alkyl carbamates (subject to hydrolysis) is 1. The van der Waals surface area contributed by atoms with E-state index in [1.165, 1.54) is 12.3 Å². The van der Waals surface area contributed by atoms with Crippen LogP contribution in [0, 0.1) is 6.92 Å². The summed E-state index contributed by atoms with van der Waals surface area (Å²) in [6.07, 6.45) is -2.48. The summed E-state index contributed by atoms with van der Waals surface area (Å²) in [6.45, 7) is 8.83. The van der Waals surface area contributed by atoms with E-state index in [0.717, 1.165) is 17.8 Å². The van der Waals surface area contributed by atoms with Crippen LogP contribution in [-0.2, 0) is 10.9 Å². The summed E-state index contributed by atoms with van der Waals surface area (Å²) in [5.41, 5.74) is 0.673. The van der Waals surface area contributed by atoms with Gasteiger partial charge in [-0.2, -0.15) is 13.2 Å². The molecule has 27 heavy (non-hydrogen) atoms. The first kappa shape index (κ1) is 20.7. The van der Waals surface area contributed by atoms with E-state index in [2.05, 4.69) is 15.3 Å². The van der Waals surface area contributed by atoms with Crippen molar-refractivity contribution in [1.29, 1.82) is 0 Å². The van der Waals surface area contributed by atoms with Crippen molar-refractivity contribution in [2.24, 2.45) is 0 Å². The van der Waals surface area contributed by atoms with Gasteiger partial charge >= 0.3 is 12.3 Å². The van der Waals surface area contributed by atoms with Gasteiger partial charge in [-0.3, -0.25) is 9.97 Å². The number of ether oxygens (including phenoxy) is 1. The van der Waals surface area contributed by atoms with Crippen molar-refractivity contribution in [3.63, 3.8) is 0 Å². The van der Waals surface area contributed by atoms with Crippen LogP contribution in [0.4, 0.5) is 18.0 Å². The summed E-state index contributed by atoms with van der Waals surface area (Å²) in [5, 5.41) is 2.70. The van der Waals surface area contributed by atoms with Crippen molar-refractivity contribution >= 4 is 6.09 Å². The molecule has 0 radical (unpaired) electrons. The molecule has 0 saturated carbocycles. The Kier molecular flexibility index (Phi) is 5.77. The molecule has 0 aliphatic carbocycles. The maximum Gasteiger partial charge on any atom is 0.433 e. The lowest BCUT2D eigenvalue weighted by molar-refractivity contribution is -0.141. The highest BCUT2D eigenvalue weighted by Gasteiger charge is 2.32. The SMILES string of the molecule is Cc1cc(-c2ccnc(C(F)(F)F)c2)cnc1[C@H](C)NC(=O)OC(C)(C)C. The predicted molar refractivity (Wildman–Crippen MR) is 95.0 cm³/mol. The third-order valence-corrected chi connectivity index (χ3v) is 3.65. The second-order valence-electron chi connectivity index (χ2n) is 7.22. The average molecular weight is 381 g/mol. The van der Waals surface area contributed by atoms with Crippen LogP contribution in [0.15, 0.2) is 30.6 Å². The molecule has 1 amide bonds. The van der Waals surface area contributed by atoms with Gasteiger partial charge in [0.05, 0.1) is 11.7 Å². The highest BCUT2D eigenvalue weighted by molar-refractivity contribution is 5.68. The zero-order chi connectivity index (χ0) is 20.4. The second kappa shape index (κ2) is 7.54. The summed E-state index contributed by atoms with van der Waals surface area (Å²) in [6, 6.07) is 3.79. The Bertz CT molecular complexity index is 830. The first-order chi connectivity index (χ1) is 12.4. The van der Waals surface area contributed by atoms with E-state index in [1.807, 2.05) is 0 Å². The molecule has 1 atom stereocenters. The van der Waals surface area contributed by atoms with Crippen molar-refractivity contribution in [3.05, 3.63) is 47.5 Å². The van der Waals surface area contributed by atoms with Crippen molar-refractivity contribution in [3.8, 4) is 11.1 Å². The number of hydrogen-bond acceptors (Lipinski definition) is 4. The number of pyridine rings is 2. The van der Waals surface area contributed by atoms with Gasteiger partial charge in [0.15, 0.2) is 0 Å². The van der Waals surface area contributed by atoms with Gasteiger partial charge in [0.25, 0.3) is 0 Å². The number of nitrogens with zero attached hydrogens (tertiary/aromatic N) is 2. The van der Waals surface area contributed by atoms with Crippen molar-refractivity contribution in [2.75, 3.05) is 0 Å². The van der Waals surface area contributed by atoms with E-state index < -0.39 is 29.6 Å². The number of nitrogens with one attached hydrogen (secondary N) is 1. The van der Waals surface area contributed by atoms with Crippen LogP contribution in [0.3, 0.4) is 0 Å². The number of aromatic nitrogens is 2. The van der Waals surface area contributed by atoms with Crippen molar-refractivity contribution in [1.82, 2.24) is 15.3 Å². The molecule has 0 spiro atoms. The van der Waals surface area contributed by atoms with Crippen LogP contribution in [0.1, 0.15) is 50.7 Å². The Morgan fingerprint density at radius 1 is 1.15 bits per heavy atom. The van der Waals surface area contributed by atoms with E-state index >= 15 is 0 Å². The fourth-order valence-electron chi connectivity index (χ4n) is 2.51. The van der Waals surface area contributed by atoms with Crippen LogP contribution >= 0.6 is 0 Å². The highest BCUT2D eigenvalue weighted by Crippen LogP contribution is 2.31. The first-order valence-corrected chi connectivity index (χ1v) is 8.36. The topological polar surface area (TPSA) is 64.1 Å². The Labute approximate surface area is 156 Å². The van der Waals surface area contributed by atoms with Gasteiger partial charge < -0.3 is 10.1 Å². The molecule has 2 aromatic heterocycles. The minimum Gasteiger partial charge on any atom is -0.444 e. The maximum atomic E-state index is 12.8. The van der Waals surface area contributed by atoms with E-state index in [9.17, 15) is 18.0 Å². The third kappa shape index (κ3) is 5.67. The van der Waals surface area contributed by atoms with Gasteiger partial charge in [-0.05, 0) is 63.9 Å². The molecular formula is C19H22F3N3O2. The van der Waals surface area contributed by atoms with E-state index in [4.69, 9.17) is 4.74 Å². The summed E-state index contributed by atoms with van der Waals surface area (Å²) in [7, 11) is 0. The van der Waals surface area contributed by atoms with Gasteiger partial charge in [-0.1, -0.05) is 0 Å². The minimum absolute atomic E-state index is 0.368. The van der Waals surface area contributed by atoms with E-state index in [0.29, 0.717) is 16.8 Å². The van der Waals surface area contributed by atoms with Gasteiger partial charge in [0.1, 0.15) is 11.3 Å². The largest absolute Gasteiger partial charge is 0.444 e. The molecular weight excluding hydrogens is 359 g/mol. The van der Waals surface area contributed by atoms with Gasteiger partial charge in [-0.25, -0.2) is 4.79 Å². The number of carbonyl (C=O) groups excluding carboxylic acids is 1. The molecule has 0 aliphatic rings. The summed E-state index contributed by atoms with van der Waals surface area (Å²) in [5.74, 6) is 0. The first-order valence-electron chi connectivity index (χ1n) is 8.36. The van der Waals surface area contributed by atoms with Gasteiger partial charge in [0.2, 0.25) is 0 Å². The molecule has 0 aromatic carbocycles. The fraction of sp³-hybridized carbons (Fsp3) is 0.421. The number of carbonyl (C=O) groups is 1. The Morgan fingerprint density at radius 3 is 2.37 bits per heavy atom. The quantitative estimate of drug-likeness (QED) is 0.807. The summed E-state index contributed by atoms with van der Waals surface area (Å²) >= 11 is 0. The summed E-state index contributed by atoms with van der Waals surface area (Å²) in [4.78, 5) is 19.6. The van der Waals surface area contributed by atoms with Crippen molar-refractivity contribution < 1.29 is 22.7 Å². The van der Waals surface area contributed by atoms with Crippen LogP contribution in [-0.4, -0.2) is 21.7 Å². The number of alkyl halides is 3. The number of hydrogen-bond donors (Lipinski definition) is 1. The maximum absolute atomic E-state index is 12.8. The molecule has 2 aromatic rings. The molecule has 2 heterocycles. The second-order valence-corrected chi connectivity index (χ2v) is 7.22. The number of rotatable bonds is 3. The summed E-state index contributed by atoms with van der Waals surface area (Å²) < 4.78 is 43.7. The molecule has 0 saturated heterocycles. The Morgan fingerprint density at radius 2 is 1.81 bits per heavy atom. The Balaban J connectivity index is 2.22. The lowest BCUT2D eigenvalue weighted by Crippen LogP contribution is -2.34. The van der Waals surface area contributed by atoms with Gasteiger partial charge in [-0.15, -0.1) is 0 Å². The molecule has 0 unspecified atom stereocenters. The molecule has 0 fully saturated rings. The van der Waals surface area contributed by atoms with Crippen LogP contribution in [0.5, 0.6) is 0 Å². The minimum atomic E-state index is -4.51. The number of aryl methyl sites for hydroxylation is 1. The third-order valence-electron chi connectivity index (χ3n) is 3.65. The van der Waals surface area contributed by atoms with E-state index in [-0.39, 0.29) is 0 Å². The lowest BCUT2D eigenvalue weighted by atomic mass is 10.0. The molecule has 5 nitrogen and oxygen atoms in total. The predicted octanol–water partition coefficient (Wildman–Crippen LogP) is 5.06. The lowest BCUT2D eigenvalue weighted by Gasteiger charge is -2.22. The normalized spacial score (nSPS) is 13.2. The average Bonchev–Trinajstić information content (AvgIpc) is 2.52. The van der Waals surface area contributed by atoms with Crippen LogP contribution in [0.2, 0.25) is 0 Å². The highest BCUT2D eigenvalue weighted by atomic mass is 19.4. The van der Waals surface area contributed by atoms with E-state index in [1.54, 1.807) is 40.7 Å². The zero-order valence-corrected chi connectivity index (χ0v) is 15.8. The molecule has 1 N–H and O–H groups in total. The molecule has 0 bridgehead atoms. The smallest absolute Gasteiger partial charge is 0.433 e. The monoisotopic (exact) mass is 381 g/mol. The standard InChI is InChI=1S/C19H22F3N3O2/c1-11-8-14(13-6-7-23-15(9-13)19(20,21)22)10-24-16(11)12(2)25-17(26)27-18(3,4)5/h6-10,12H,1-5H3,(H,25,26)/t12-/m0/s1. The molecule has 8 heteroatoms. The van der Waals surface area contributed by atoms with Crippen LogP contribution in [0.25, 0.3) is 11.1 Å². The molecule has 0 aliphatic heterocycles. The zero-order valence-electron chi connectivity index (χ0n) is 15.8. The molecule has 146 valence electrons. The fourth-order valence-corrected chi connectivity index (χ4v) is 2.51. The molecule has 2 rings (SSSR count). The van der Waals surface area contributed by atoms with Crippen LogP contribution < -0.4 is 5.32 Å². The number of amides is 1. The van der Waals surface area contributed by atoms with Crippen molar-refractivity contribution in [2.45, 2.75) is 52.4 Å². The van der Waals surface area contributed by atoms with Gasteiger partial charge in [0, 0.05) is 18.0 Å².